The molecule has 1 aliphatic carbocycles. The van der Waals surface area contributed by atoms with Gasteiger partial charge in [0.05, 0.1) is 0 Å². The second-order valence-electron chi connectivity index (χ2n) is 7.66. The summed E-state index contributed by atoms with van der Waals surface area (Å²) in [6.45, 7) is 13.5. The fraction of sp³-hybridized carbons (Fsp3) is 1.00. The fourth-order valence-electron chi connectivity index (χ4n) is 3.70. The van der Waals surface area contributed by atoms with E-state index in [2.05, 4.69) is 27.7 Å². The molecule has 0 nitrogen and oxygen atoms in total. The zero-order valence-electron chi connectivity index (χ0n) is 16.1. The van der Waals surface area contributed by atoms with Gasteiger partial charge in [0, 0.05) is 0 Å². The first-order valence-corrected chi connectivity index (χ1v) is 10.1. The van der Waals surface area contributed by atoms with E-state index < -0.39 is 0 Å². The molecule has 1 unspecified atom stereocenters. The molecule has 1 fully saturated rings. The lowest BCUT2D eigenvalue weighted by Gasteiger charge is -2.28. The molecule has 0 N–H and O–H groups in total. The summed E-state index contributed by atoms with van der Waals surface area (Å²) in [5.41, 5.74) is 0. The molecule has 0 aromatic carbocycles. The van der Waals surface area contributed by atoms with Crippen LogP contribution in [0.4, 0.5) is 0 Å². The van der Waals surface area contributed by atoms with E-state index in [0.717, 1.165) is 23.7 Å². The molecule has 0 heteroatoms. The Morgan fingerprint density at radius 1 is 0.762 bits per heavy atom. The average Bonchev–Trinajstić information content (AvgIpc) is 2.49. The van der Waals surface area contributed by atoms with Gasteiger partial charge in [-0.2, -0.15) is 0 Å². The predicted octanol–water partition coefficient (Wildman–Crippen LogP) is 7.86. The molecule has 0 aromatic heterocycles. The smallest absolute Gasteiger partial charge is 0.0414 e. The Hall–Kier alpha value is 0. The van der Waals surface area contributed by atoms with Gasteiger partial charge >= 0.3 is 0 Å². The second kappa shape index (κ2) is 13.6. The van der Waals surface area contributed by atoms with Crippen molar-refractivity contribution in [3.8, 4) is 0 Å². The van der Waals surface area contributed by atoms with E-state index in [9.17, 15) is 0 Å². The molecule has 128 valence electrons. The van der Waals surface area contributed by atoms with Crippen molar-refractivity contribution in [3.63, 3.8) is 0 Å². The van der Waals surface area contributed by atoms with Gasteiger partial charge in [-0.3, -0.25) is 0 Å². The molecule has 0 amide bonds. The topological polar surface area (TPSA) is 0 Å². The number of rotatable bonds is 9. The lowest BCUT2D eigenvalue weighted by atomic mass is 9.78. The Labute approximate surface area is 136 Å². The Bertz CT molecular complexity index is 198. The van der Waals surface area contributed by atoms with Crippen molar-refractivity contribution in [2.45, 2.75) is 112 Å². The van der Waals surface area contributed by atoms with Crippen molar-refractivity contribution in [2.75, 3.05) is 0 Å². The third-order valence-electron chi connectivity index (χ3n) is 5.33. The van der Waals surface area contributed by atoms with Crippen LogP contribution in [0.2, 0.25) is 0 Å². The molecule has 0 bridgehead atoms. The molecule has 0 radical (unpaired) electrons. The third-order valence-corrected chi connectivity index (χ3v) is 5.33. The van der Waals surface area contributed by atoms with Crippen LogP contribution in [-0.4, -0.2) is 0 Å². The molecule has 1 saturated carbocycles. The summed E-state index contributed by atoms with van der Waals surface area (Å²) in [6.07, 6.45) is 16.3. The largest absolute Gasteiger partial charge is 0.0683 e. The minimum atomic E-state index is 0.890. The number of hydrogen-bond donors (Lipinski definition) is 0. The van der Waals surface area contributed by atoms with Gasteiger partial charge in [-0.1, -0.05) is 112 Å². The van der Waals surface area contributed by atoms with Gasteiger partial charge in [0.25, 0.3) is 0 Å². The molecule has 0 saturated heterocycles. The van der Waals surface area contributed by atoms with Crippen LogP contribution in [0.15, 0.2) is 0 Å². The Kier molecular flexibility index (Phi) is 13.6. The van der Waals surface area contributed by atoms with Gasteiger partial charge in [-0.15, -0.1) is 0 Å². The highest BCUT2D eigenvalue weighted by atomic mass is 14.2. The van der Waals surface area contributed by atoms with Gasteiger partial charge in [-0.25, -0.2) is 0 Å². The first kappa shape index (κ1) is 21.0. The van der Waals surface area contributed by atoms with E-state index in [1.165, 1.54) is 70.6 Å². The van der Waals surface area contributed by atoms with E-state index in [0.29, 0.717) is 0 Å². The zero-order chi connectivity index (χ0) is 16.1. The Morgan fingerprint density at radius 2 is 1.29 bits per heavy atom. The van der Waals surface area contributed by atoms with Crippen molar-refractivity contribution in [2.24, 2.45) is 23.7 Å². The molecule has 1 aliphatic rings. The summed E-state index contributed by atoms with van der Waals surface area (Å²) < 4.78 is 0. The zero-order valence-corrected chi connectivity index (χ0v) is 16.1. The normalized spacial score (nSPS) is 23.6. The fourth-order valence-corrected chi connectivity index (χ4v) is 3.70. The highest BCUT2D eigenvalue weighted by molar-refractivity contribution is 4.72. The first-order chi connectivity index (χ1) is 10.1. The van der Waals surface area contributed by atoms with Crippen molar-refractivity contribution in [1.82, 2.24) is 0 Å². The molecule has 1 atom stereocenters. The molecule has 0 heterocycles. The Balaban J connectivity index is 0.00000191. The lowest BCUT2D eigenvalue weighted by Crippen LogP contribution is -2.14. The molecular weight excluding hydrogens is 252 g/mol. The summed E-state index contributed by atoms with van der Waals surface area (Å²) >= 11 is 0. The predicted molar refractivity (Wildman–Crippen MR) is 98.8 cm³/mol. The number of hydrogen-bond acceptors (Lipinski definition) is 0. The van der Waals surface area contributed by atoms with E-state index in [1.54, 1.807) is 0 Å². The monoisotopic (exact) mass is 296 g/mol. The summed E-state index contributed by atoms with van der Waals surface area (Å²) in [5, 5.41) is 0. The minimum Gasteiger partial charge on any atom is -0.0683 e. The van der Waals surface area contributed by atoms with Gasteiger partial charge in [-0.05, 0) is 23.7 Å². The van der Waals surface area contributed by atoms with E-state index in [4.69, 9.17) is 0 Å². The second-order valence-corrected chi connectivity index (χ2v) is 7.66. The van der Waals surface area contributed by atoms with Crippen LogP contribution >= 0.6 is 0 Å². The van der Waals surface area contributed by atoms with Crippen LogP contribution in [0.5, 0.6) is 0 Å². The van der Waals surface area contributed by atoms with Crippen molar-refractivity contribution < 1.29 is 0 Å². The molecule has 0 aromatic rings. The third kappa shape index (κ3) is 11.2. The summed E-state index contributed by atoms with van der Waals surface area (Å²) in [7, 11) is 0. The van der Waals surface area contributed by atoms with Gasteiger partial charge in [0.15, 0.2) is 0 Å². The maximum Gasteiger partial charge on any atom is -0.0414 e. The standard InChI is InChI=1S/C19H38.C2H6/c1-5-18-12-14-19(15-13-18)11-7-10-17(4)9-6-8-16(2)3;1-2/h16-19H,5-15H2,1-4H3;1-2H3. The molecule has 0 aliphatic heterocycles. The van der Waals surface area contributed by atoms with Gasteiger partial charge in [0.2, 0.25) is 0 Å². The summed E-state index contributed by atoms with van der Waals surface area (Å²) in [6, 6.07) is 0. The summed E-state index contributed by atoms with van der Waals surface area (Å²) in [4.78, 5) is 0. The minimum absolute atomic E-state index is 0.890. The van der Waals surface area contributed by atoms with Crippen molar-refractivity contribution >= 4 is 0 Å². The van der Waals surface area contributed by atoms with Crippen LogP contribution in [-0.2, 0) is 0 Å². The quantitative estimate of drug-likeness (QED) is 0.406. The van der Waals surface area contributed by atoms with E-state index >= 15 is 0 Å². The van der Waals surface area contributed by atoms with Crippen molar-refractivity contribution in [3.05, 3.63) is 0 Å². The molecule has 0 spiro atoms. The highest BCUT2D eigenvalue weighted by Gasteiger charge is 2.19. The average molecular weight is 297 g/mol. The highest BCUT2D eigenvalue weighted by Crippen LogP contribution is 2.33. The first-order valence-electron chi connectivity index (χ1n) is 10.1. The molecule has 1 rings (SSSR count). The van der Waals surface area contributed by atoms with Gasteiger partial charge < -0.3 is 0 Å². The van der Waals surface area contributed by atoms with Crippen LogP contribution in [0, 0.1) is 23.7 Å². The van der Waals surface area contributed by atoms with Gasteiger partial charge in [0.1, 0.15) is 0 Å². The van der Waals surface area contributed by atoms with Crippen molar-refractivity contribution in [1.29, 1.82) is 0 Å². The van der Waals surface area contributed by atoms with E-state index in [-0.39, 0.29) is 0 Å². The lowest BCUT2D eigenvalue weighted by molar-refractivity contribution is 0.250. The van der Waals surface area contributed by atoms with Crippen LogP contribution < -0.4 is 0 Å². The maximum atomic E-state index is 2.47. The summed E-state index contributed by atoms with van der Waals surface area (Å²) in [5.74, 6) is 3.99. The Morgan fingerprint density at radius 3 is 1.81 bits per heavy atom. The molecular formula is C21H44. The maximum absolute atomic E-state index is 2.47. The van der Waals surface area contributed by atoms with Crippen LogP contribution in [0.1, 0.15) is 112 Å². The SMILES string of the molecule is CC.CCC1CCC(CCCC(C)CCCC(C)C)CC1. The molecule has 21 heavy (non-hydrogen) atoms. The van der Waals surface area contributed by atoms with Crippen LogP contribution in [0.25, 0.3) is 0 Å². The van der Waals surface area contributed by atoms with E-state index in [1.807, 2.05) is 13.8 Å². The van der Waals surface area contributed by atoms with Crippen LogP contribution in [0.3, 0.4) is 0 Å².